The highest BCUT2D eigenvalue weighted by atomic mass is 79.9. The van der Waals surface area contributed by atoms with E-state index in [0.717, 1.165) is 0 Å². The number of amides is 1. The van der Waals surface area contributed by atoms with E-state index in [1.165, 1.54) is 0 Å². The molecule has 0 atom stereocenters. The lowest BCUT2D eigenvalue weighted by atomic mass is 10.2. The number of nitrogens with two attached hydrogens (primary N) is 1. The Balaban J connectivity index is 2.28. The van der Waals surface area contributed by atoms with Crippen LogP contribution in [0.4, 0.5) is 11.5 Å². The molecule has 0 spiro atoms. The Morgan fingerprint density at radius 1 is 1.33 bits per heavy atom. The first-order valence-electron chi connectivity index (χ1n) is 5.05. The van der Waals surface area contributed by atoms with Gasteiger partial charge in [-0.2, -0.15) is 0 Å². The van der Waals surface area contributed by atoms with Crippen molar-refractivity contribution in [3.63, 3.8) is 0 Å². The number of nitrogen functional groups attached to an aromatic ring is 1. The lowest BCUT2D eigenvalue weighted by Gasteiger charge is -2.08. The Labute approximate surface area is 117 Å². The van der Waals surface area contributed by atoms with Crippen LogP contribution in [0.15, 0.2) is 41.0 Å². The number of carbonyl (C=O) groups excluding carboxylic acids is 1. The number of benzene rings is 1. The molecule has 2 aromatic rings. The van der Waals surface area contributed by atoms with Gasteiger partial charge in [-0.25, -0.2) is 4.98 Å². The monoisotopic (exact) mass is 325 g/mol. The molecule has 0 saturated carbocycles. The Kier molecular flexibility index (Phi) is 3.84. The molecule has 0 fully saturated rings. The maximum atomic E-state index is 12.0. The molecule has 0 saturated heterocycles. The van der Waals surface area contributed by atoms with Gasteiger partial charge in [0.15, 0.2) is 5.82 Å². The van der Waals surface area contributed by atoms with Crippen LogP contribution in [0, 0.1) is 0 Å². The number of nitrogens with one attached hydrogen (secondary N) is 1. The van der Waals surface area contributed by atoms with E-state index in [9.17, 15) is 4.79 Å². The number of aromatic nitrogens is 1. The molecule has 0 bridgehead atoms. The average Bonchev–Trinajstić information content (AvgIpc) is 2.35. The molecule has 0 aliphatic carbocycles. The maximum absolute atomic E-state index is 12.0. The summed E-state index contributed by atoms with van der Waals surface area (Å²) in [5.41, 5.74) is 6.45. The number of hydrogen-bond acceptors (Lipinski definition) is 3. The lowest BCUT2D eigenvalue weighted by molar-refractivity contribution is 0.102. The van der Waals surface area contributed by atoms with Gasteiger partial charge in [0.05, 0.1) is 16.3 Å². The minimum atomic E-state index is -0.355. The molecule has 1 amide bonds. The molecule has 1 aromatic carbocycles. The molecule has 0 radical (unpaired) electrons. The molecule has 3 N–H and O–H groups in total. The fraction of sp³-hybridized carbons (Fsp3) is 0. The van der Waals surface area contributed by atoms with Crippen molar-refractivity contribution in [2.45, 2.75) is 0 Å². The van der Waals surface area contributed by atoms with Crippen LogP contribution < -0.4 is 11.1 Å². The minimum absolute atomic E-state index is 0.318. The van der Waals surface area contributed by atoms with Crippen LogP contribution in [-0.4, -0.2) is 10.9 Å². The van der Waals surface area contributed by atoms with Gasteiger partial charge in [-0.1, -0.05) is 17.7 Å². The smallest absolute Gasteiger partial charge is 0.258 e. The normalized spacial score (nSPS) is 10.1. The van der Waals surface area contributed by atoms with Gasteiger partial charge in [0.1, 0.15) is 0 Å². The van der Waals surface area contributed by atoms with Crippen molar-refractivity contribution in [1.29, 1.82) is 0 Å². The van der Waals surface area contributed by atoms with Gasteiger partial charge in [-0.05, 0) is 40.2 Å². The number of anilines is 2. The van der Waals surface area contributed by atoms with Crippen molar-refractivity contribution >= 4 is 44.9 Å². The largest absolute Gasteiger partial charge is 0.396 e. The molecule has 1 aromatic heterocycles. The average molecular weight is 327 g/mol. The summed E-state index contributed by atoms with van der Waals surface area (Å²) < 4.78 is 0.658. The van der Waals surface area contributed by atoms with E-state index in [-0.39, 0.29) is 5.91 Å². The second-order valence-electron chi connectivity index (χ2n) is 3.50. The minimum Gasteiger partial charge on any atom is -0.396 e. The third-order valence-electron chi connectivity index (χ3n) is 2.27. The van der Waals surface area contributed by atoms with Crippen LogP contribution in [0.3, 0.4) is 0 Å². The fourth-order valence-corrected chi connectivity index (χ4v) is 1.95. The standard InChI is InChI=1S/C12H9BrClN3O/c13-8-4-1-3-7(10(8)14)12(18)17-11-9(15)5-2-6-16-11/h1-6H,15H2,(H,16,17,18). The number of hydrogen-bond donors (Lipinski definition) is 2. The number of nitrogens with zero attached hydrogens (tertiary/aromatic N) is 1. The number of rotatable bonds is 2. The van der Waals surface area contributed by atoms with Crippen LogP contribution in [0.5, 0.6) is 0 Å². The van der Waals surface area contributed by atoms with Gasteiger partial charge in [-0.15, -0.1) is 0 Å². The highest BCUT2D eigenvalue weighted by molar-refractivity contribution is 9.10. The second kappa shape index (κ2) is 5.37. The van der Waals surface area contributed by atoms with Crippen LogP contribution >= 0.6 is 27.5 Å². The first-order valence-corrected chi connectivity index (χ1v) is 6.22. The molecule has 4 nitrogen and oxygen atoms in total. The SMILES string of the molecule is Nc1cccnc1NC(=O)c1cccc(Br)c1Cl. The van der Waals surface area contributed by atoms with Crippen LogP contribution in [0.2, 0.25) is 5.02 Å². The molecule has 18 heavy (non-hydrogen) atoms. The molecule has 1 heterocycles. The van der Waals surface area contributed by atoms with Crippen molar-refractivity contribution in [3.8, 4) is 0 Å². The third kappa shape index (κ3) is 2.63. The summed E-state index contributed by atoms with van der Waals surface area (Å²) in [6.45, 7) is 0. The van der Waals surface area contributed by atoms with E-state index < -0.39 is 0 Å². The van der Waals surface area contributed by atoms with Crippen molar-refractivity contribution < 1.29 is 4.79 Å². The zero-order chi connectivity index (χ0) is 13.1. The fourth-order valence-electron chi connectivity index (χ4n) is 1.38. The van der Waals surface area contributed by atoms with E-state index in [1.807, 2.05) is 0 Å². The summed E-state index contributed by atoms with van der Waals surface area (Å²) in [6.07, 6.45) is 1.55. The molecule has 6 heteroatoms. The summed E-state index contributed by atoms with van der Waals surface area (Å²) in [5.74, 6) is -0.0368. The van der Waals surface area contributed by atoms with E-state index >= 15 is 0 Å². The highest BCUT2D eigenvalue weighted by Crippen LogP contribution is 2.26. The lowest BCUT2D eigenvalue weighted by Crippen LogP contribution is -2.14. The van der Waals surface area contributed by atoms with E-state index in [2.05, 4.69) is 26.2 Å². The quantitative estimate of drug-likeness (QED) is 0.889. The molecule has 0 aliphatic rings. The van der Waals surface area contributed by atoms with Crippen LogP contribution in [0.25, 0.3) is 0 Å². The van der Waals surface area contributed by atoms with Crippen LogP contribution in [0.1, 0.15) is 10.4 Å². The van der Waals surface area contributed by atoms with Crippen molar-refractivity contribution in [2.24, 2.45) is 0 Å². The Bertz CT molecular complexity index is 604. The Morgan fingerprint density at radius 3 is 2.83 bits per heavy atom. The van der Waals surface area contributed by atoms with Crippen molar-refractivity contribution in [3.05, 3.63) is 51.6 Å². The summed E-state index contributed by atoms with van der Waals surface area (Å²) in [6, 6.07) is 8.46. The molecular formula is C12H9BrClN3O. The van der Waals surface area contributed by atoms with Gasteiger partial charge in [0.25, 0.3) is 5.91 Å². The summed E-state index contributed by atoms with van der Waals surface area (Å²) >= 11 is 9.30. The molecule has 0 aliphatic heterocycles. The topological polar surface area (TPSA) is 68.0 Å². The molecular weight excluding hydrogens is 318 g/mol. The molecule has 2 rings (SSSR count). The first-order chi connectivity index (χ1) is 8.59. The van der Waals surface area contributed by atoms with Gasteiger partial charge in [0, 0.05) is 10.7 Å². The Morgan fingerprint density at radius 2 is 2.11 bits per heavy atom. The van der Waals surface area contributed by atoms with Crippen LogP contribution in [-0.2, 0) is 0 Å². The number of halogens is 2. The van der Waals surface area contributed by atoms with Crippen molar-refractivity contribution in [1.82, 2.24) is 4.98 Å². The number of pyridine rings is 1. The van der Waals surface area contributed by atoms with E-state index in [4.69, 9.17) is 17.3 Å². The summed E-state index contributed by atoms with van der Waals surface area (Å²) in [7, 11) is 0. The predicted molar refractivity (Wildman–Crippen MR) is 75.8 cm³/mol. The van der Waals surface area contributed by atoms with Gasteiger partial charge >= 0.3 is 0 Å². The highest BCUT2D eigenvalue weighted by Gasteiger charge is 2.13. The zero-order valence-electron chi connectivity index (χ0n) is 9.15. The van der Waals surface area contributed by atoms with Gasteiger partial charge < -0.3 is 11.1 Å². The number of carbonyl (C=O) groups is 1. The maximum Gasteiger partial charge on any atom is 0.258 e. The van der Waals surface area contributed by atoms with Gasteiger partial charge in [-0.3, -0.25) is 4.79 Å². The summed E-state index contributed by atoms with van der Waals surface area (Å²) in [5, 5.41) is 2.97. The molecule has 0 unspecified atom stereocenters. The van der Waals surface area contributed by atoms with E-state index in [0.29, 0.717) is 26.6 Å². The van der Waals surface area contributed by atoms with Gasteiger partial charge in [0.2, 0.25) is 0 Å². The molecule has 92 valence electrons. The zero-order valence-corrected chi connectivity index (χ0v) is 11.5. The third-order valence-corrected chi connectivity index (χ3v) is 3.56. The first kappa shape index (κ1) is 12.9. The second-order valence-corrected chi connectivity index (χ2v) is 4.73. The summed E-state index contributed by atoms with van der Waals surface area (Å²) in [4.78, 5) is 16.0. The Hall–Kier alpha value is -1.59. The van der Waals surface area contributed by atoms with Crippen molar-refractivity contribution in [2.75, 3.05) is 11.1 Å². The predicted octanol–water partition coefficient (Wildman–Crippen LogP) is 3.33. The van der Waals surface area contributed by atoms with E-state index in [1.54, 1.807) is 36.5 Å².